The van der Waals surface area contributed by atoms with Crippen molar-refractivity contribution < 1.29 is 23.1 Å². The summed E-state index contributed by atoms with van der Waals surface area (Å²) < 4.78 is 27.7. The highest BCUT2D eigenvalue weighted by Gasteiger charge is 2.25. The van der Waals surface area contributed by atoms with E-state index >= 15 is 0 Å². The van der Waals surface area contributed by atoms with E-state index in [1.807, 2.05) is 12.1 Å². The largest absolute Gasteiger partial charge is 0.480 e. The molecular formula is C24H22Cl2N2O5S. The molecule has 0 unspecified atom stereocenters. The monoisotopic (exact) mass is 520 g/mol. The van der Waals surface area contributed by atoms with Gasteiger partial charge in [-0.05, 0) is 60.4 Å². The number of hydrogen-bond donors (Lipinski definition) is 3. The number of benzene rings is 3. The Hall–Kier alpha value is -2.91. The molecule has 178 valence electrons. The van der Waals surface area contributed by atoms with Crippen molar-refractivity contribution in [1.82, 2.24) is 10.0 Å². The second-order valence-corrected chi connectivity index (χ2v) is 9.98. The summed E-state index contributed by atoms with van der Waals surface area (Å²) >= 11 is 11.9. The van der Waals surface area contributed by atoms with Crippen LogP contribution >= 0.6 is 23.2 Å². The summed E-state index contributed by atoms with van der Waals surface area (Å²) in [5.74, 6) is -1.70. The molecule has 0 aliphatic heterocycles. The van der Waals surface area contributed by atoms with E-state index in [0.29, 0.717) is 15.6 Å². The molecule has 0 heterocycles. The molecule has 0 radical (unpaired) electrons. The van der Waals surface area contributed by atoms with E-state index in [4.69, 9.17) is 23.2 Å². The Morgan fingerprint density at radius 2 is 1.47 bits per heavy atom. The molecular weight excluding hydrogens is 499 g/mol. The first-order valence-corrected chi connectivity index (χ1v) is 12.5. The zero-order valence-corrected chi connectivity index (χ0v) is 20.2. The SMILES string of the molecule is O=C(NCCC[C@H](NS(=O)(=O)c1ccc(-c2ccc(Cl)cc2)cc1)C(=O)O)c1ccccc1Cl. The Kier molecular flexibility index (Phi) is 8.68. The molecule has 7 nitrogen and oxygen atoms in total. The Morgan fingerprint density at radius 1 is 0.882 bits per heavy atom. The minimum atomic E-state index is -4.07. The zero-order valence-electron chi connectivity index (χ0n) is 17.9. The fourth-order valence-electron chi connectivity index (χ4n) is 3.21. The van der Waals surface area contributed by atoms with E-state index in [0.717, 1.165) is 11.1 Å². The molecule has 1 amide bonds. The Bertz CT molecular complexity index is 1260. The van der Waals surface area contributed by atoms with Crippen molar-refractivity contribution in [2.24, 2.45) is 0 Å². The van der Waals surface area contributed by atoms with Gasteiger partial charge in [0.25, 0.3) is 5.91 Å². The highest BCUT2D eigenvalue weighted by Crippen LogP contribution is 2.23. The molecule has 34 heavy (non-hydrogen) atoms. The van der Waals surface area contributed by atoms with Crippen LogP contribution in [0, 0.1) is 0 Å². The maximum Gasteiger partial charge on any atom is 0.321 e. The number of carbonyl (C=O) groups excluding carboxylic acids is 1. The average Bonchev–Trinajstić information content (AvgIpc) is 2.81. The summed E-state index contributed by atoms with van der Waals surface area (Å²) in [6.07, 6.45) is 0.228. The second-order valence-electron chi connectivity index (χ2n) is 7.42. The van der Waals surface area contributed by atoms with Crippen molar-refractivity contribution in [3.63, 3.8) is 0 Å². The molecule has 0 saturated heterocycles. The molecule has 0 aliphatic rings. The number of amides is 1. The molecule has 0 aromatic heterocycles. The van der Waals surface area contributed by atoms with Gasteiger partial charge in [0.15, 0.2) is 0 Å². The molecule has 3 rings (SSSR count). The van der Waals surface area contributed by atoms with Crippen LogP contribution < -0.4 is 10.0 Å². The third-order valence-corrected chi connectivity index (χ3v) is 7.08. The van der Waals surface area contributed by atoms with Gasteiger partial charge in [-0.1, -0.05) is 59.6 Å². The van der Waals surface area contributed by atoms with E-state index in [1.165, 1.54) is 12.1 Å². The molecule has 0 saturated carbocycles. The average molecular weight is 521 g/mol. The van der Waals surface area contributed by atoms with Crippen molar-refractivity contribution in [2.45, 2.75) is 23.8 Å². The Morgan fingerprint density at radius 3 is 2.06 bits per heavy atom. The summed E-state index contributed by atoms with van der Waals surface area (Å²) in [5.41, 5.74) is 1.96. The minimum absolute atomic E-state index is 0.0137. The molecule has 0 spiro atoms. The summed E-state index contributed by atoms with van der Waals surface area (Å²) in [4.78, 5) is 23.7. The van der Waals surface area contributed by atoms with Crippen molar-refractivity contribution in [3.05, 3.63) is 88.4 Å². The molecule has 0 fully saturated rings. The number of sulfonamides is 1. The Balaban J connectivity index is 1.58. The molecule has 10 heteroatoms. The molecule has 3 N–H and O–H groups in total. The van der Waals surface area contributed by atoms with E-state index in [9.17, 15) is 23.1 Å². The van der Waals surface area contributed by atoms with Gasteiger partial charge in [0.2, 0.25) is 10.0 Å². The van der Waals surface area contributed by atoms with Crippen LogP contribution in [0.2, 0.25) is 10.0 Å². The van der Waals surface area contributed by atoms with Gasteiger partial charge in [-0.2, -0.15) is 4.72 Å². The van der Waals surface area contributed by atoms with Gasteiger partial charge < -0.3 is 10.4 Å². The van der Waals surface area contributed by atoms with Crippen LogP contribution in [0.3, 0.4) is 0 Å². The van der Waals surface area contributed by atoms with E-state index in [-0.39, 0.29) is 30.2 Å². The van der Waals surface area contributed by atoms with Crippen LogP contribution in [0.4, 0.5) is 0 Å². The number of rotatable bonds is 10. The molecule has 0 aliphatic carbocycles. The lowest BCUT2D eigenvalue weighted by Crippen LogP contribution is -2.41. The maximum atomic E-state index is 12.7. The van der Waals surface area contributed by atoms with Crippen LogP contribution in [0.25, 0.3) is 11.1 Å². The van der Waals surface area contributed by atoms with Crippen molar-refractivity contribution in [1.29, 1.82) is 0 Å². The van der Waals surface area contributed by atoms with Gasteiger partial charge >= 0.3 is 5.97 Å². The number of carboxylic acid groups (broad SMARTS) is 1. The number of halogens is 2. The second kappa shape index (κ2) is 11.5. The fraction of sp³-hybridized carbons (Fsp3) is 0.167. The predicted octanol–water partition coefficient (Wildman–Crippen LogP) is 4.60. The smallest absolute Gasteiger partial charge is 0.321 e. The number of aliphatic carboxylic acids is 1. The van der Waals surface area contributed by atoms with Gasteiger partial charge in [-0.15, -0.1) is 0 Å². The first-order valence-electron chi connectivity index (χ1n) is 10.3. The van der Waals surface area contributed by atoms with Gasteiger partial charge in [-0.3, -0.25) is 9.59 Å². The fourth-order valence-corrected chi connectivity index (χ4v) is 4.78. The van der Waals surface area contributed by atoms with Crippen LogP contribution in [-0.4, -0.2) is 38.0 Å². The highest BCUT2D eigenvalue weighted by atomic mass is 35.5. The molecule has 1 atom stereocenters. The van der Waals surface area contributed by atoms with Gasteiger partial charge in [0, 0.05) is 11.6 Å². The lowest BCUT2D eigenvalue weighted by molar-refractivity contribution is -0.139. The summed E-state index contributed by atoms with van der Waals surface area (Å²) in [6, 6.07) is 18.4. The summed E-state index contributed by atoms with van der Waals surface area (Å²) in [6.45, 7) is 0.158. The quantitative estimate of drug-likeness (QED) is 0.338. The lowest BCUT2D eigenvalue weighted by Gasteiger charge is -2.15. The summed E-state index contributed by atoms with van der Waals surface area (Å²) in [5, 5.41) is 13.0. The first kappa shape index (κ1) is 25.7. The van der Waals surface area contributed by atoms with Gasteiger partial charge in [0.1, 0.15) is 6.04 Å². The van der Waals surface area contributed by atoms with Gasteiger partial charge in [-0.25, -0.2) is 8.42 Å². The normalized spacial score (nSPS) is 12.2. The maximum absolute atomic E-state index is 12.7. The highest BCUT2D eigenvalue weighted by molar-refractivity contribution is 7.89. The third-order valence-electron chi connectivity index (χ3n) is 5.01. The lowest BCUT2D eigenvalue weighted by atomic mass is 10.1. The number of nitrogens with one attached hydrogen (secondary N) is 2. The Labute approximate surface area is 207 Å². The number of carbonyl (C=O) groups is 2. The van der Waals surface area contributed by atoms with Crippen molar-refractivity contribution in [3.8, 4) is 11.1 Å². The van der Waals surface area contributed by atoms with E-state index in [1.54, 1.807) is 48.5 Å². The van der Waals surface area contributed by atoms with Crippen LogP contribution in [-0.2, 0) is 14.8 Å². The topological polar surface area (TPSA) is 113 Å². The predicted molar refractivity (Wildman–Crippen MR) is 132 cm³/mol. The molecule has 3 aromatic carbocycles. The minimum Gasteiger partial charge on any atom is -0.480 e. The number of hydrogen-bond acceptors (Lipinski definition) is 4. The molecule has 0 bridgehead atoms. The first-order chi connectivity index (χ1) is 16.2. The molecule has 3 aromatic rings. The van der Waals surface area contributed by atoms with E-state index in [2.05, 4.69) is 10.0 Å². The third kappa shape index (κ3) is 6.80. The van der Waals surface area contributed by atoms with Crippen molar-refractivity contribution in [2.75, 3.05) is 6.54 Å². The van der Waals surface area contributed by atoms with Crippen LogP contribution in [0.15, 0.2) is 77.7 Å². The number of carboxylic acids is 1. The van der Waals surface area contributed by atoms with Crippen LogP contribution in [0.1, 0.15) is 23.2 Å². The zero-order chi connectivity index (χ0) is 24.7. The van der Waals surface area contributed by atoms with Gasteiger partial charge in [0.05, 0.1) is 15.5 Å². The van der Waals surface area contributed by atoms with E-state index < -0.39 is 22.0 Å². The summed E-state index contributed by atoms with van der Waals surface area (Å²) in [7, 11) is -4.07. The van der Waals surface area contributed by atoms with Crippen LogP contribution in [0.5, 0.6) is 0 Å². The standard InChI is InChI=1S/C24H22Cl2N2O5S/c25-18-11-7-16(8-12-18)17-9-13-19(14-10-17)34(32,33)28-22(24(30)31)6-3-15-27-23(29)20-4-1-2-5-21(20)26/h1-2,4-5,7-14,22,28H,3,6,15H2,(H,27,29)(H,30,31)/t22-/m0/s1. The van der Waals surface area contributed by atoms with Crippen molar-refractivity contribution >= 4 is 45.1 Å².